The van der Waals surface area contributed by atoms with Crippen molar-refractivity contribution in [2.24, 2.45) is 5.73 Å². The van der Waals surface area contributed by atoms with E-state index in [1.165, 1.54) is 43.7 Å². The van der Waals surface area contributed by atoms with Crippen LogP contribution >= 0.6 is 22.9 Å². The number of fused-ring (bicyclic) bond motifs is 1. The van der Waals surface area contributed by atoms with Crippen LogP contribution in [0, 0.1) is 0 Å². The fraction of sp³-hybridized carbons (Fsp3) is 0.455. The average Bonchev–Trinajstić information content (AvgIpc) is 3.11. The molecule has 2 aliphatic heterocycles. The van der Waals surface area contributed by atoms with Gasteiger partial charge >= 0.3 is 6.03 Å². The Morgan fingerprint density at radius 3 is 2.42 bits per heavy atom. The molecule has 0 atom stereocenters. The summed E-state index contributed by atoms with van der Waals surface area (Å²) < 4.78 is 0. The first-order chi connectivity index (χ1) is 15.0. The lowest BCUT2D eigenvalue weighted by atomic mass is 10.0. The third-order valence-corrected chi connectivity index (χ3v) is 7.28. The number of halogens is 1. The Hall–Kier alpha value is -2.13. The van der Waals surface area contributed by atoms with Gasteiger partial charge in [0.25, 0.3) is 5.91 Å². The molecule has 0 bridgehead atoms. The zero-order valence-electron chi connectivity index (χ0n) is 17.5. The molecule has 3 heterocycles. The first-order valence-electron chi connectivity index (χ1n) is 10.7. The minimum atomic E-state index is -0.499. The van der Waals surface area contributed by atoms with Gasteiger partial charge in [0.05, 0.1) is 5.56 Å². The number of carbonyl (C=O) groups excluding carboxylic acids is 2. The molecule has 0 saturated carbocycles. The van der Waals surface area contributed by atoms with Crippen molar-refractivity contribution in [1.82, 2.24) is 9.80 Å². The summed E-state index contributed by atoms with van der Waals surface area (Å²) in [5.41, 5.74) is 7.72. The first-order valence-corrected chi connectivity index (χ1v) is 11.9. The number of nitrogens with two attached hydrogens (primary N) is 1. The van der Waals surface area contributed by atoms with E-state index < -0.39 is 11.9 Å². The van der Waals surface area contributed by atoms with Gasteiger partial charge in [-0.3, -0.25) is 15.0 Å². The van der Waals surface area contributed by atoms with Crippen molar-refractivity contribution in [2.45, 2.75) is 32.2 Å². The van der Waals surface area contributed by atoms with Crippen molar-refractivity contribution in [2.75, 3.05) is 43.4 Å². The topological polar surface area (TPSA) is 90.7 Å². The van der Waals surface area contributed by atoms with E-state index in [0.717, 1.165) is 43.0 Å². The van der Waals surface area contributed by atoms with Crippen LogP contribution in [-0.4, -0.2) is 54.5 Å². The summed E-state index contributed by atoms with van der Waals surface area (Å²) in [6.45, 7) is 6.17. The number of amides is 3. The SMILES string of the molecule is NC(=O)c1c(NC(=O)Nc2ccc(Cl)cc2)sc2c1CCN(CCN1CCCCC1)C2. The third kappa shape index (κ3) is 5.57. The zero-order valence-corrected chi connectivity index (χ0v) is 19.0. The standard InChI is InChI=1S/C22H28ClN5O2S/c23-15-4-6-16(7-5-15)25-22(30)26-21-19(20(24)29)17-8-11-28(14-18(17)31-21)13-12-27-9-2-1-3-10-27/h4-7H,1-3,8-14H2,(H2,24,29)(H2,25,26,30). The number of nitrogens with zero attached hydrogens (tertiary/aromatic N) is 2. The van der Waals surface area contributed by atoms with Gasteiger partial charge in [0.1, 0.15) is 5.00 Å². The summed E-state index contributed by atoms with van der Waals surface area (Å²) in [5.74, 6) is -0.499. The predicted molar refractivity (Wildman–Crippen MR) is 126 cm³/mol. The van der Waals surface area contributed by atoms with E-state index in [1.54, 1.807) is 24.3 Å². The summed E-state index contributed by atoms with van der Waals surface area (Å²) in [4.78, 5) is 30.7. The number of thiophene rings is 1. The maximum Gasteiger partial charge on any atom is 0.324 e. The lowest BCUT2D eigenvalue weighted by molar-refractivity contribution is 0.0999. The molecule has 1 aromatic carbocycles. The van der Waals surface area contributed by atoms with Gasteiger partial charge in [-0.15, -0.1) is 11.3 Å². The number of primary amides is 1. The molecule has 166 valence electrons. The van der Waals surface area contributed by atoms with Gasteiger partial charge in [-0.25, -0.2) is 4.79 Å². The van der Waals surface area contributed by atoms with Crippen molar-refractivity contribution in [3.8, 4) is 0 Å². The molecule has 2 aromatic rings. The van der Waals surface area contributed by atoms with Gasteiger partial charge in [0.15, 0.2) is 0 Å². The van der Waals surface area contributed by atoms with E-state index in [9.17, 15) is 9.59 Å². The van der Waals surface area contributed by atoms with Crippen LogP contribution in [0.25, 0.3) is 0 Å². The van der Waals surface area contributed by atoms with Gasteiger partial charge in [0, 0.05) is 41.8 Å². The lowest BCUT2D eigenvalue weighted by Gasteiger charge is -2.31. The maximum atomic E-state index is 12.5. The summed E-state index contributed by atoms with van der Waals surface area (Å²) in [6.07, 6.45) is 4.70. The molecule has 0 spiro atoms. The van der Waals surface area contributed by atoms with E-state index in [0.29, 0.717) is 21.3 Å². The third-order valence-electron chi connectivity index (χ3n) is 5.89. The molecule has 4 N–H and O–H groups in total. The van der Waals surface area contributed by atoms with E-state index >= 15 is 0 Å². The van der Waals surface area contributed by atoms with Crippen molar-refractivity contribution >= 4 is 45.6 Å². The van der Waals surface area contributed by atoms with Crippen molar-refractivity contribution in [1.29, 1.82) is 0 Å². The summed E-state index contributed by atoms with van der Waals surface area (Å²) >= 11 is 7.33. The normalized spacial score (nSPS) is 17.2. The quantitative estimate of drug-likeness (QED) is 0.606. The number of urea groups is 1. The Bertz CT molecular complexity index is 940. The summed E-state index contributed by atoms with van der Waals surface area (Å²) in [5, 5.41) is 6.69. The number of anilines is 2. The number of benzene rings is 1. The molecule has 2 aliphatic rings. The molecular formula is C22H28ClN5O2S. The molecule has 3 amide bonds. The van der Waals surface area contributed by atoms with Gasteiger partial charge in [-0.2, -0.15) is 0 Å². The van der Waals surface area contributed by atoms with Crippen LogP contribution in [0.2, 0.25) is 5.02 Å². The highest BCUT2D eigenvalue weighted by Gasteiger charge is 2.28. The number of likely N-dealkylation sites (tertiary alicyclic amines) is 1. The fourth-order valence-electron chi connectivity index (χ4n) is 4.26. The van der Waals surface area contributed by atoms with Crippen LogP contribution in [0.1, 0.15) is 40.1 Å². The second kappa shape index (κ2) is 9.99. The molecule has 0 unspecified atom stereocenters. The van der Waals surface area contributed by atoms with Crippen LogP contribution in [0.3, 0.4) is 0 Å². The second-order valence-electron chi connectivity index (χ2n) is 8.09. The lowest BCUT2D eigenvalue weighted by Crippen LogP contribution is -2.39. The number of nitrogens with one attached hydrogen (secondary N) is 2. The van der Waals surface area contributed by atoms with E-state index in [-0.39, 0.29) is 0 Å². The molecule has 1 fully saturated rings. The van der Waals surface area contributed by atoms with Crippen LogP contribution in [0.15, 0.2) is 24.3 Å². The molecule has 1 aromatic heterocycles. The van der Waals surface area contributed by atoms with Crippen molar-refractivity contribution in [3.05, 3.63) is 45.3 Å². The van der Waals surface area contributed by atoms with Crippen LogP contribution < -0.4 is 16.4 Å². The van der Waals surface area contributed by atoms with Gasteiger partial charge in [0.2, 0.25) is 0 Å². The number of hydrogen-bond donors (Lipinski definition) is 3. The largest absolute Gasteiger partial charge is 0.365 e. The Balaban J connectivity index is 1.41. The van der Waals surface area contributed by atoms with E-state index in [4.69, 9.17) is 17.3 Å². The van der Waals surface area contributed by atoms with Gasteiger partial charge in [-0.1, -0.05) is 18.0 Å². The van der Waals surface area contributed by atoms with Gasteiger partial charge < -0.3 is 16.0 Å². The Morgan fingerprint density at radius 2 is 1.71 bits per heavy atom. The average molecular weight is 462 g/mol. The smallest absolute Gasteiger partial charge is 0.324 e. The molecule has 9 heteroatoms. The summed E-state index contributed by atoms with van der Waals surface area (Å²) in [7, 11) is 0. The Labute approximate surface area is 191 Å². The summed E-state index contributed by atoms with van der Waals surface area (Å²) in [6, 6.07) is 6.43. The monoisotopic (exact) mass is 461 g/mol. The Kier molecular flexibility index (Phi) is 7.12. The second-order valence-corrected chi connectivity index (χ2v) is 9.63. The number of rotatable bonds is 6. The highest BCUT2D eigenvalue weighted by molar-refractivity contribution is 7.17. The maximum absolute atomic E-state index is 12.5. The Morgan fingerprint density at radius 1 is 1.00 bits per heavy atom. The first kappa shape index (κ1) is 22.1. The van der Waals surface area contributed by atoms with E-state index in [2.05, 4.69) is 20.4 Å². The van der Waals surface area contributed by atoms with E-state index in [1.807, 2.05) is 0 Å². The number of carbonyl (C=O) groups is 2. The van der Waals surface area contributed by atoms with Crippen LogP contribution in [0.4, 0.5) is 15.5 Å². The minimum absolute atomic E-state index is 0.412. The highest BCUT2D eigenvalue weighted by atomic mass is 35.5. The molecule has 7 nitrogen and oxygen atoms in total. The molecule has 0 radical (unpaired) electrons. The predicted octanol–water partition coefficient (Wildman–Crippen LogP) is 3.99. The molecule has 1 saturated heterocycles. The van der Waals surface area contributed by atoms with Crippen LogP contribution in [-0.2, 0) is 13.0 Å². The number of hydrogen-bond acceptors (Lipinski definition) is 5. The van der Waals surface area contributed by atoms with Crippen molar-refractivity contribution in [3.63, 3.8) is 0 Å². The molecule has 31 heavy (non-hydrogen) atoms. The molecule has 0 aliphatic carbocycles. The fourth-order valence-corrected chi connectivity index (χ4v) is 5.68. The zero-order chi connectivity index (χ0) is 21.8. The van der Waals surface area contributed by atoms with Crippen molar-refractivity contribution < 1.29 is 9.59 Å². The highest BCUT2D eigenvalue weighted by Crippen LogP contribution is 2.37. The number of piperidine rings is 1. The minimum Gasteiger partial charge on any atom is -0.365 e. The van der Waals surface area contributed by atoms with Crippen LogP contribution in [0.5, 0.6) is 0 Å². The van der Waals surface area contributed by atoms with Gasteiger partial charge in [-0.05, 0) is 62.2 Å². The molecular weight excluding hydrogens is 434 g/mol. The molecule has 4 rings (SSSR count).